The summed E-state index contributed by atoms with van der Waals surface area (Å²) in [7, 11) is 1.72. The molecule has 0 N–H and O–H groups in total. The first-order chi connectivity index (χ1) is 10.7. The van der Waals surface area contributed by atoms with E-state index in [-0.39, 0.29) is 5.82 Å². The van der Waals surface area contributed by atoms with E-state index in [9.17, 15) is 4.79 Å². The maximum atomic E-state index is 11.7. The van der Waals surface area contributed by atoms with Crippen molar-refractivity contribution in [3.8, 4) is 0 Å². The van der Waals surface area contributed by atoms with Gasteiger partial charge in [-0.15, -0.1) is 0 Å². The molecule has 0 amide bonds. The third-order valence-electron chi connectivity index (χ3n) is 3.36. The molecule has 1 aromatic heterocycles. The van der Waals surface area contributed by atoms with Gasteiger partial charge >= 0.3 is 5.97 Å². The molecule has 0 unspecified atom stereocenters. The molecule has 6 heteroatoms. The molecule has 0 aliphatic carbocycles. The van der Waals surface area contributed by atoms with Gasteiger partial charge in [0.1, 0.15) is 0 Å². The van der Waals surface area contributed by atoms with Crippen LogP contribution in [0.5, 0.6) is 0 Å². The van der Waals surface area contributed by atoms with Gasteiger partial charge < -0.3 is 14.3 Å². The Labute approximate surface area is 130 Å². The van der Waals surface area contributed by atoms with Crippen LogP contribution in [0.3, 0.4) is 0 Å². The number of hydrogen-bond acceptors (Lipinski definition) is 5. The monoisotopic (exact) mass is 300 g/mol. The third kappa shape index (κ3) is 3.72. The number of carbonyl (C=O) groups is 1. The van der Waals surface area contributed by atoms with Crippen LogP contribution in [-0.2, 0) is 11.9 Å². The molecule has 1 aromatic carbocycles. The van der Waals surface area contributed by atoms with Crippen LogP contribution in [0.2, 0.25) is 0 Å². The standard InChI is InChI=1S/C16H20N4O2/c1-4-20(5-2)14-8-6-13(7-9-14)12-18-22-16(21)15-17-10-11-19(15)3/h6-12H,4-5H2,1-3H3. The van der Waals surface area contributed by atoms with Crippen LogP contribution >= 0.6 is 0 Å². The van der Waals surface area contributed by atoms with Crippen molar-refractivity contribution in [1.29, 1.82) is 0 Å². The van der Waals surface area contributed by atoms with Crippen LogP contribution in [0.25, 0.3) is 0 Å². The Kier molecular flexibility index (Phi) is 5.30. The lowest BCUT2D eigenvalue weighted by atomic mass is 10.2. The summed E-state index contributed by atoms with van der Waals surface area (Å²) in [6.45, 7) is 6.17. The first kappa shape index (κ1) is 15.8. The minimum absolute atomic E-state index is 0.217. The van der Waals surface area contributed by atoms with Crippen LogP contribution in [0.15, 0.2) is 41.8 Å². The van der Waals surface area contributed by atoms with Crippen molar-refractivity contribution in [2.75, 3.05) is 18.0 Å². The molecule has 0 fully saturated rings. The Morgan fingerprint density at radius 3 is 2.55 bits per heavy atom. The van der Waals surface area contributed by atoms with Gasteiger partial charge in [-0.3, -0.25) is 0 Å². The van der Waals surface area contributed by atoms with Gasteiger partial charge in [0.25, 0.3) is 0 Å². The van der Waals surface area contributed by atoms with E-state index in [0.29, 0.717) is 0 Å². The first-order valence-corrected chi connectivity index (χ1v) is 7.22. The normalized spacial score (nSPS) is 10.9. The molecule has 0 bridgehead atoms. The average Bonchev–Trinajstić information content (AvgIpc) is 2.96. The zero-order valence-corrected chi connectivity index (χ0v) is 13.1. The largest absolute Gasteiger partial charge is 0.400 e. The highest BCUT2D eigenvalue weighted by Crippen LogP contribution is 2.14. The van der Waals surface area contributed by atoms with Gasteiger partial charge in [0.15, 0.2) is 0 Å². The highest BCUT2D eigenvalue weighted by atomic mass is 16.7. The lowest BCUT2D eigenvalue weighted by molar-refractivity contribution is 0.0500. The van der Waals surface area contributed by atoms with Gasteiger partial charge in [-0.1, -0.05) is 17.3 Å². The Bertz CT molecular complexity index is 642. The van der Waals surface area contributed by atoms with Gasteiger partial charge in [-0.2, -0.15) is 0 Å². The highest BCUT2D eigenvalue weighted by molar-refractivity contribution is 5.86. The van der Waals surface area contributed by atoms with Crippen molar-refractivity contribution in [3.05, 3.63) is 48.0 Å². The molecule has 0 spiro atoms. The number of oxime groups is 1. The minimum atomic E-state index is -0.580. The smallest absolute Gasteiger partial charge is 0.372 e. The summed E-state index contributed by atoms with van der Waals surface area (Å²) in [6, 6.07) is 7.92. The average molecular weight is 300 g/mol. The molecule has 22 heavy (non-hydrogen) atoms. The van der Waals surface area contributed by atoms with Gasteiger partial charge in [-0.25, -0.2) is 9.78 Å². The molecular weight excluding hydrogens is 280 g/mol. The van der Waals surface area contributed by atoms with E-state index in [2.05, 4.69) is 28.9 Å². The third-order valence-corrected chi connectivity index (χ3v) is 3.36. The molecule has 0 saturated heterocycles. The maximum Gasteiger partial charge on any atom is 0.400 e. The van der Waals surface area contributed by atoms with E-state index in [1.807, 2.05) is 24.3 Å². The van der Waals surface area contributed by atoms with Gasteiger partial charge in [-0.05, 0) is 31.5 Å². The van der Waals surface area contributed by atoms with Crippen molar-refractivity contribution >= 4 is 17.9 Å². The van der Waals surface area contributed by atoms with Crippen molar-refractivity contribution in [2.45, 2.75) is 13.8 Å². The van der Waals surface area contributed by atoms with E-state index in [1.165, 1.54) is 12.4 Å². The number of aromatic nitrogens is 2. The van der Waals surface area contributed by atoms with Crippen molar-refractivity contribution in [2.24, 2.45) is 12.2 Å². The topological polar surface area (TPSA) is 59.7 Å². The molecule has 116 valence electrons. The Morgan fingerprint density at radius 2 is 2.00 bits per heavy atom. The Hall–Kier alpha value is -2.63. The molecular formula is C16H20N4O2. The number of nitrogens with zero attached hydrogens (tertiary/aromatic N) is 4. The zero-order valence-electron chi connectivity index (χ0n) is 13.1. The van der Waals surface area contributed by atoms with Gasteiger partial charge in [0, 0.05) is 38.2 Å². The minimum Gasteiger partial charge on any atom is -0.372 e. The molecule has 2 rings (SSSR count). The van der Waals surface area contributed by atoms with E-state index < -0.39 is 5.97 Å². The molecule has 6 nitrogen and oxygen atoms in total. The fourth-order valence-electron chi connectivity index (χ4n) is 2.10. The first-order valence-electron chi connectivity index (χ1n) is 7.22. The van der Waals surface area contributed by atoms with Crippen molar-refractivity contribution in [1.82, 2.24) is 9.55 Å². The molecule has 0 radical (unpaired) electrons. The van der Waals surface area contributed by atoms with Gasteiger partial charge in [0.05, 0.1) is 6.21 Å². The van der Waals surface area contributed by atoms with Crippen LogP contribution in [0.1, 0.15) is 30.0 Å². The van der Waals surface area contributed by atoms with Crippen LogP contribution in [-0.4, -0.2) is 34.8 Å². The van der Waals surface area contributed by atoms with Crippen molar-refractivity contribution in [3.63, 3.8) is 0 Å². The lowest BCUT2D eigenvalue weighted by Crippen LogP contribution is -2.21. The second-order valence-electron chi connectivity index (χ2n) is 4.74. The number of imidazole rings is 1. The van der Waals surface area contributed by atoms with E-state index in [0.717, 1.165) is 24.3 Å². The Morgan fingerprint density at radius 1 is 1.32 bits per heavy atom. The number of benzene rings is 1. The molecule has 0 saturated carbocycles. The predicted octanol–water partition coefficient (Wildman–Crippen LogP) is 2.46. The highest BCUT2D eigenvalue weighted by Gasteiger charge is 2.11. The summed E-state index contributed by atoms with van der Waals surface area (Å²) in [6.07, 6.45) is 4.71. The van der Waals surface area contributed by atoms with Gasteiger partial charge in [0.2, 0.25) is 5.82 Å². The fraction of sp³-hybridized carbons (Fsp3) is 0.312. The van der Waals surface area contributed by atoms with E-state index >= 15 is 0 Å². The molecule has 2 aromatic rings. The summed E-state index contributed by atoms with van der Waals surface area (Å²) in [5, 5.41) is 3.71. The molecule has 0 aliphatic rings. The summed E-state index contributed by atoms with van der Waals surface area (Å²) in [4.78, 5) is 22.7. The quantitative estimate of drug-likeness (QED) is 0.467. The number of carbonyl (C=O) groups excluding carboxylic acids is 1. The number of rotatable bonds is 6. The lowest BCUT2D eigenvalue weighted by Gasteiger charge is -2.20. The fourth-order valence-corrected chi connectivity index (χ4v) is 2.10. The molecule has 0 atom stereocenters. The number of aryl methyl sites for hydroxylation is 1. The molecule has 0 aliphatic heterocycles. The Balaban J connectivity index is 1.96. The SMILES string of the molecule is CCN(CC)c1ccc(C=NOC(=O)c2nccn2C)cc1. The number of anilines is 1. The van der Waals surface area contributed by atoms with Crippen LogP contribution in [0, 0.1) is 0 Å². The maximum absolute atomic E-state index is 11.7. The van der Waals surface area contributed by atoms with E-state index in [4.69, 9.17) is 4.84 Å². The zero-order chi connectivity index (χ0) is 15.9. The van der Waals surface area contributed by atoms with Crippen molar-refractivity contribution < 1.29 is 9.63 Å². The second kappa shape index (κ2) is 7.40. The summed E-state index contributed by atoms with van der Waals surface area (Å²) in [5.41, 5.74) is 2.02. The number of hydrogen-bond donors (Lipinski definition) is 0. The second-order valence-corrected chi connectivity index (χ2v) is 4.74. The van der Waals surface area contributed by atoms with E-state index in [1.54, 1.807) is 17.8 Å². The summed E-state index contributed by atoms with van der Waals surface area (Å²) < 4.78 is 1.58. The predicted molar refractivity (Wildman–Crippen MR) is 86.2 cm³/mol. The summed E-state index contributed by atoms with van der Waals surface area (Å²) in [5.74, 6) is -0.363. The van der Waals surface area contributed by atoms with Crippen LogP contribution in [0.4, 0.5) is 5.69 Å². The summed E-state index contributed by atoms with van der Waals surface area (Å²) >= 11 is 0. The molecule has 1 heterocycles. The van der Waals surface area contributed by atoms with Crippen LogP contribution < -0.4 is 4.90 Å².